The molecule has 0 spiro atoms. The second kappa shape index (κ2) is 66.7. The Balaban J connectivity index is 0.00000300. The zero-order chi connectivity index (χ0) is 76.4. The van der Waals surface area contributed by atoms with E-state index in [-0.39, 0.29) is 90.9 Å². The van der Waals surface area contributed by atoms with Crippen molar-refractivity contribution >= 4 is 49.9 Å². The molecule has 23 nitrogen and oxygen atoms in total. The Morgan fingerprint density at radius 2 is 0.689 bits per heavy atom. The maximum absolute atomic E-state index is 12.8. The van der Waals surface area contributed by atoms with Crippen LogP contribution in [0.1, 0.15) is 327 Å². The smallest absolute Gasteiger partial charge is 0.756 e. The molecule has 0 saturated carbocycles. The van der Waals surface area contributed by atoms with Crippen LogP contribution in [0.25, 0.3) is 0 Å². The van der Waals surface area contributed by atoms with E-state index in [1.165, 1.54) is 140 Å². The molecule has 0 amide bonds. The van der Waals surface area contributed by atoms with Crippen LogP contribution in [0.5, 0.6) is 0 Å². The summed E-state index contributed by atoms with van der Waals surface area (Å²) in [5.74, 6) is -2.24. The molecule has 28 heteroatoms. The Kier molecular flexibility index (Phi) is 65.6. The van der Waals surface area contributed by atoms with E-state index in [2.05, 4.69) is 100 Å². The fraction of sp³-hybridized carbons (Fsp3) is 0.795. The summed E-state index contributed by atoms with van der Waals surface area (Å²) in [6.07, 6.45) is 39.7. The van der Waals surface area contributed by atoms with Gasteiger partial charge in [0.2, 0.25) is 0 Å². The van der Waals surface area contributed by atoms with Crippen molar-refractivity contribution in [1.82, 2.24) is 4.90 Å². The van der Waals surface area contributed by atoms with Gasteiger partial charge >= 0.3 is 93.4 Å². The molecular weight excluding hydrogens is 1440 g/mol. The number of aliphatic hydroxyl groups excluding tert-OH is 1. The number of unbranched alkanes of at least 4 members (excludes halogenated alkanes) is 32. The van der Waals surface area contributed by atoms with E-state index < -0.39 is 108 Å². The molecule has 6 unspecified atom stereocenters. The van der Waals surface area contributed by atoms with Crippen LogP contribution in [-0.4, -0.2) is 135 Å². The molecule has 2 aromatic carbocycles. The molecule has 0 aliphatic carbocycles. The predicted molar refractivity (Wildman–Crippen MR) is 402 cm³/mol. The molecule has 4 rings (SSSR count). The third kappa shape index (κ3) is 59.1. The summed E-state index contributed by atoms with van der Waals surface area (Å²) < 4.78 is 105. The van der Waals surface area contributed by atoms with Gasteiger partial charge in [0, 0.05) is 37.8 Å². The van der Waals surface area contributed by atoms with Crippen molar-refractivity contribution in [1.29, 1.82) is 0 Å². The summed E-state index contributed by atoms with van der Waals surface area (Å²) in [5.41, 5.74) is 2.51. The molecule has 2 fully saturated rings. The van der Waals surface area contributed by atoms with E-state index in [9.17, 15) is 43.2 Å². The minimum atomic E-state index is -5.20. The van der Waals surface area contributed by atoms with Crippen molar-refractivity contribution in [2.75, 3.05) is 46.7 Å². The minimum Gasteiger partial charge on any atom is -0.756 e. The van der Waals surface area contributed by atoms with Gasteiger partial charge in [-0.2, -0.15) is 8.42 Å². The van der Waals surface area contributed by atoms with Crippen molar-refractivity contribution in [3.8, 4) is 0 Å². The molecule has 2 heterocycles. The van der Waals surface area contributed by atoms with Crippen molar-refractivity contribution in [3.63, 3.8) is 0 Å². The Morgan fingerprint density at radius 3 is 0.972 bits per heavy atom. The molecule has 2 aliphatic heterocycles. The first-order chi connectivity index (χ1) is 50.0. The number of benzene rings is 2. The van der Waals surface area contributed by atoms with E-state index in [1.807, 2.05) is 0 Å². The molecule has 602 valence electrons. The normalized spacial score (nSPS) is 16.8. The second-order valence-corrected chi connectivity index (χ2v) is 31.8. The van der Waals surface area contributed by atoms with E-state index in [1.54, 1.807) is 0 Å². The van der Waals surface area contributed by atoms with Crippen LogP contribution in [0.4, 0.5) is 0 Å². The maximum Gasteiger partial charge on any atom is 1.00 e. The van der Waals surface area contributed by atoms with E-state index in [0.29, 0.717) is 43.9 Å². The van der Waals surface area contributed by atoms with Gasteiger partial charge in [0.25, 0.3) is 15.6 Å². The molecule has 3 N–H and O–H groups in total. The summed E-state index contributed by atoms with van der Waals surface area (Å²) in [7, 11) is -12.8. The van der Waals surface area contributed by atoms with Crippen molar-refractivity contribution < 1.29 is 162 Å². The first kappa shape index (κ1) is 104. The van der Waals surface area contributed by atoms with E-state index >= 15 is 0 Å². The van der Waals surface area contributed by atoms with Gasteiger partial charge < -0.3 is 61.6 Å². The fourth-order valence-corrected chi connectivity index (χ4v) is 14.2. The molecule has 0 aromatic heterocycles. The van der Waals surface area contributed by atoms with Gasteiger partial charge in [-0.25, -0.2) is 0 Å². The zero-order valence-corrected chi connectivity index (χ0v) is 72.6. The van der Waals surface area contributed by atoms with Crippen LogP contribution in [0.2, 0.25) is 0 Å². The number of rotatable bonds is 62. The van der Waals surface area contributed by atoms with Crippen LogP contribution >= 0.6 is 15.6 Å². The fourth-order valence-electron chi connectivity index (χ4n) is 12.7. The number of hydrogen-bond donors (Lipinski definition) is 3. The number of ether oxygens (including phenoxy) is 5. The third-order valence-corrected chi connectivity index (χ3v) is 20.5. The van der Waals surface area contributed by atoms with Gasteiger partial charge in [0.1, 0.15) is 25.4 Å². The molecule has 106 heavy (non-hydrogen) atoms. The summed E-state index contributed by atoms with van der Waals surface area (Å²) in [6, 6.07) is 22.7. The zero-order valence-electron chi connectivity index (χ0n) is 66.0. The number of aliphatic hydroxyl groups is 1. The minimum absolute atomic E-state index is 0. The Hall–Kier alpha value is -1.71. The molecule has 2 bridgehead atoms. The van der Waals surface area contributed by atoms with Gasteiger partial charge in [-0.05, 0) is 69.5 Å². The molecule has 2 saturated heterocycles. The number of carbonyl (C=O) groups excluding carboxylic acids is 4. The van der Waals surface area contributed by atoms with Crippen molar-refractivity contribution in [3.05, 3.63) is 71.8 Å². The number of fused-ring (bicyclic) bond motifs is 2. The van der Waals surface area contributed by atoms with Gasteiger partial charge in [0.15, 0.2) is 12.2 Å². The van der Waals surface area contributed by atoms with Crippen LogP contribution in [0, 0.1) is 0 Å². The number of phosphoric acid groups is 2. The van der Waals surface area contributed by atoms with E-state index in [0.717, 1.165) is 103 Å². The Bertz CT molecular complexity index is 2530. The molecular formula is C78H135NNa2O22P2S. The first-order valence-electron chi connectivity index (χ1n) is 39.7. The number of hydrogen-bond acceptors (Lipinski definition) is 21. The van der Waals surface area contributed by atoms with Gasteiger partial charge in [0.05, 0.1) is 32.5 Å². The molecule has 2 aromatic rings. The van der Waals surface area contributed by atoms with Crippen LogP contribution in [-0.2, 0) is 80.5 Å². The van der Waals surface area contributed by atoms with Crippen LogP contribution < -0.4 is 68.9 Å². The van der Waals surface area contributed by atoms with Crippen LogP contribution in [0.15, 0.2) is 60.7 Å². The summed E-state index contributed by atoms with van der Waals surface area (Å²) in [4.78, 5) is 78.8. The third-order valence-electron chi connectivity index (χ3n) is 18.7. The Labute approximate surface area is 682 Å². The SMILES string of the molecule is CCCCCCCCCCCC(=O)OCC(COP(=O)([O-])OCC(O)COP(=O)([O-])OCC(COC(=O)CCCCCCCCCCC)OC(=O)CCCCCCCCCCC)OC(=O)CCCCCCCCCCC.CN1C2CCC1CC(OC(c1ccccc1)c1ccccc1)C2.O=S(=O)(O)O.[Na+].[Na+]. The quantitative estimate of drug-likeness (QED) is 0.0138. The average Bonchev–Trinajstić information content (AvgIpc) is 1.65. The number of esters is 4. The largest absolute Gasteiger partial charge is 1.00 e. The van der Waals surface area contributed by atoms with Gasteiger partial charge in [-0.15, -0.1) is 0 Å². The molecule has 0 radical (unpaired) electrons. The summed E-state index contributed by atoms with van der Waals surface area (Å²) in [6.45, 7) is 4.36. The standard InChI is InChI=1S/C57H110O17P2.C21H25NO.2Na.H2O4S/c1-5-9-13-17-21-25-29-33-37-41-54(59)67-47-52(73-56(61)43-39-35-31-27-23-19-15-11-7-3)49-71-75(63,64)69-45-51(58)46-70-76(65,66)72-50-53(74-57(62)44-40-36-32-28-24-20-16-12-8-4)48-68-55(60)42-38-34-30-26-22-18-14-10-6-2;1-22-18-12-13-19(22)15-20(14-18)23-21(16-8-4-2-5-9-16)17-10-6-3-7-11-17;;;1-5(2,3)4/h51-53,58H,5-50H2,1-4H3,(H,63,64)(H,65,66);2-11,18-21H,12-15H2,1H3;;;(H2,1,2,3,4)/q;;2*+1;/p-2. The average molecular weight is 1580 g/mol. The maximum atomic E-state index is 12.8. The number of carbonyl (C=O) groups is 4. The van der Waals surface area contributed by atoms with E-state index in [4.69, 9.17) is 59.3 Å². The van der Waals surface area contributed by atoms with Crippen molar-refractivity contribution in [2.24, 2.45) is 0 Å². The second-order valence-electron chi connectivity index (χ2n) is 28.1. The summed E-state index contributed by atoms with van der Waals surface area (Å²) in [5, 5.41) is 10.4. The van der Waals surface area contributed by atoms with Crippen molar-refractivity contribution in [2.45, 2.75) is 353 Å². The van der Waals surface area contributed by atoms with Gasteiger partial charge in [-0.1, -0.05) is 294 Å². The monoisotopic (exact) mass is 1580 g/mol. The number of piperidine rings is 1. The predicted octanol–water partition coefficient (Wildman–Crippen LogP) is 11.7. The number of phosphoric ester groups is 2. The van der Waals surface area contributed by atoms with Crippen LogP contribution in [0.3, 0.4) is 0 Å². The molecule has 6 atom stereocenters. The topological polar surface area (TPSA) is 330 Å². The molecule has 2 aliphatic rings. The first-order valence-corrected chi connectivity index (χ1v) is 44.0. The summed E-state index contributed by atoms with van der Waals surface area (Å²) >= 11 is 0. The van der Waals surface area contributed by atoms with Gasteiger partial charge in [-0.3, -0.25) is 37.4 Å². The Morgan fingerprint density at radius 1 is 0.434 bits per heavy atom. The number of nitrogens with zero attached hydrogens (tertiary/aromatic N) is 1.